The summed E-state index contributed by atoms with van der Waals surface area (Å²) in [6.07, 6.45) is 0. The molecule has 0 amide bonds. The fourth-order valence-electron chi connectivity index (χ4n) is 2.01. The van der Waals surface area contributed by atoms with Crippen molar-refractivity contribution in [1.82, 2.24) is 4.98 Å². The fourth-order valence-corrected chi connectivity index (χ4v) is 2.01. The molecule has 0 saturated heterocycles. The van der Waals surface area contributed by atoms with Crippen LogP contribution in [0, 0.1) is 0 Å². The highest BCUT2D eigenvalue weighted by Crippen LogP contribution is 2.28. The zero-order valence-electron chi connectivity index (χ0n) is 11.0. The Bertz CT molecular complexity index is 552. The molecule has 0 saturated carbocycles. The summed E-state index contributed by atoms with van der Waals surface area (Å²) in [5.41, 5.74) is 6.72. The first-order valence-electron chi connectivity index (χ1n) is 6.05. The third-order valence-corrected chi connectivity index (χ3v) is 2.99. The van der Waals surface area contributed by atoms with Crippen molar-refractivity contribution >= 4 is 16.6 Å². The highest BCUT2D eigenvalue weighted by molar-refractivity contribution is 5.93. The van der Waals surface area contributed by atoms with Crippen molar-refractivity contribution in [2.75, 3.05) is 12.5 Å². The maximum Gasteiger partial charge on any atom is 0.0781 e. The molecule has 1 heterocycles. The molecule has 0 unspecified atom stereocenters. The third kappa shape index (κ3) is 2.30. The van der Waals surface area contributed by atoms with E-state index in [0.717, 1.165) is 27.8 Å². The number of ether oxygens (including phenoxy) is 1. The smallest absolute Gasteiger partial charge is 0.0781 e. The number of aromatic nitrogens is 1. The Morgan fingerprint density at radius 3 is 2.78 bits per heavy atom. The van der Waals surface area contributed by atoms with E-state index < -0.39 is 0 Å². The van der Waals surface area contributed by atoms with Crippen LogP contribution in [0.2, 0.25) is 0 Å². The quantitative estimate of drug-likeness (QED) is 0.642. The summed E-state index contributed by atoms with van der Waals surface area (Å²) in [7, 11) is 1.69. The lowest BCUT2D eigenvalue weighted by atomic mass is 10.0. The van der Waals surface area contributed by atoms with Gasteiger partial charge in [-0.25, -0.2) is 0 Å². The number of methoxy groups -OCH3 is 1. The normalized spacial score (nSPS) is 11.2. The Kier molecular flexibility index (Phi) is 3.79. The molecule has 0 spiro atoms. The number of nitrogens with zero attached hydrogens (tertiary/aromatic N) is 1. The third-order valence-electron chi connectivity index (χ3n) is 2.99. The van der Waals surface area contributed by atoms with Gasteiger partial charge in [0, 0.05) is 23.8 Å². The van der Waals surface area contributed by atoms with E-state index in [4.69, 9.17) is 15.6 Å². The predicted molar refractivity (Wildman–Crippen MR) is 74.4 cm³/mol. The molecule has 4 heteroatoms. The standard InChI is InChI=1S/C14H19N3O/c1-9(2)12-7-13(17-15)11-6-4-5-10(8-18-3)14(11)16-12/h4-7,9H,8,15H2,1-3H3,(H,16,17). The van der Waals surface area contributed by atoms with Gasteiger partial charge in [0.1, 0.15) is 0 Å². The van der Waals surface area contributed by atoms with Gasteiger partial charge in [0.2, 0.25) is 0 Å². The van der Waals surface area contributed by atoms with Gasteiger partial charge >= 0.3 is 0 Å². The second kappa shape index (κ2) is 5.33. The summed E-state index contributed by atoms with van der Waals surface area (Å²) in [4.78, 5) is 4.73. The van der Waals surface area contributed by atoms with Crippen molar-refractivity contribution in [2.24, 2.45) is 5.84 Å². The molecule has 0 aliphatic carbocycles. The summed E-state index contributed by atoms with van der Waals surface area (Å²) in [5.74, 6) is 5.96. The second-order valence-electron chi connectivity index (χ2n) is 4.64. The van der Waals surface area contributed by atoms with Gasteiger partial charge in [-0.2, -0.15) is 0 Å². The number of para-hydroxylation sites is 1. The first-order chi connectivity index (χ1) is 8.67. The van der Waals surface area contributed by atoms with Crippen molar-refractivity contribution < 1.29 is 4.74 Å². The molecule has 0 aliphatic rings. The van der Waals surface area contributed by atoms with Crippen LogP contribution in [0.15, 0.2) is 24.3 Å². The molecule has 0 aliphatic heterocycles. The summed E-state index contributed by atoms with van der Waals surface area (Å²) < 4.78 is 5.22. The molecule has 1 aromatic heterocycles. The molecule has 2 rings (SSSR count). The monoisotopic (exact) mass is 245 g/mol. The number of pyridine rings is 1. The Hall–Kier alpha value is -1.65. The first-order valence-corrected chi connectivity index (χ1v) is 6.05. The average Bonchev–Trinajstić information content (AvgIpc) is 2.38. The average molecular weight is 245 g/mol. The number of anilines is 1. The zero-order valence-corrected chi connectivity index (χ0v) is 11.0. The Labute approximate surface area is 107 Å². The summed E-state index contributed by atoms with van der Waals surface area (Å²) in [5, 5.41) is 1.02. The lowest BCUT2D eigenvalue weighted by Gasteiger charge is -2.13. The molecule has 3 N–H and O–H groups in total. The highest BCUT2D eigenvalue weighted by Gasteiger charge is 2.10. The lowest BCUT2D eigenvalue weighted by Crippen LogP contribution is -2.09. The van der Waals surface area contributed by atoms with Crippen molar-refractivity contribution in [3.63, 3.8) is 0 Å². The Morgan fingerprint density at radius 1 is 1.39 bits per heavy atom. The van der Waals surface area contributed by atoms with Crippen LogP contribution in [0.1, 0.15) is 31.0 Å². The van der Waals surface area contributed by atoms with Gasteiger partial charge in [0.15, 0.2) is 0 Å². The number of nitrogens with one attached hydrogen (secondary N) is 1. The molecule has 1 aromatic carbocycles. The van der Waals surface area contributed by atoms with Crippen molar-refractivity contribution in [3.05, 3.63) is 35.5 Å². The zero-order chi connectivity index (χ0) is 13.1. The van der Waals surface area contributed by atoms with Crippen LogP contribution in [0.5, 0.6) is 0 Å². The van der Waals surface area contributed by atoms with E-state index in [1.54, 1.807) is 7.11 Å². The molecule has 0 fully saturated rings. The maximum atomic E-state index is 5.60. The van der Waals surface area contributed by atoms with Crippen LogP contribution in [0.4, 0.5) is 5.69 Å². The first kappa shape index (κ1) is 12.8. The topological polar surface area (TPSA) is 60.2 Å². The van der Waals surface area contributed by atoms with E-state index in [-0.39, 0.29) is 0 Å². The molecule has 96 valence electrons. The molecular weight excluding hydrogens is 226 g/mol. The van der Waals surface area contributed by atoms with Gasteiger partial charge in [-0.05, 0) is 12.0 Å². The number of hydrogen-bond donors (Lipinski definition) is 2. The summed E-state index contributed by atoms with van der Waals surface area (Å²) in [6, 6.07) is 8.04. The van der Waals surface area contributed by atoms with Gasteiger partial charge < -0.3 is 10.2 Å². The van der Waals surface area contributed by atoms with E-state index >= 15 is 0 Å². The summed E-state index contributed by atoms with van der Waals surface area (Å²) in [6.45, 7) is 4.79. The van der Waals surface area contributed by atoms with Gasteiger partial charge in [0.25, 0.3) is 0 Å². The predicted octanol–water partition coefficient (Wildman–Crippen LogP) is 2.79. The largest absolute Gasteiger partial charge is 0.380 e. The van der Waals surface area contributed by atoms with E-state index in [9.17, 15) is 0 Å². The van der Waals surface area contributed by atoms with Crippen LogP contribution in [-0.2, 0) is 11.3 Å². The Balaban J connectivity index is 2.71. The number of hydrogen-bond acceptors (Lipinski definition) is 4. The number of benzene rings is 1. The van der Waals surface area contributed by atoms with Crippen molar-refractivity contribution in [3.8, 4) is 0 Å². The molecule has 0 atom stereocenters. The van der Waals surface area contributed by atoms with Gasteiger partial charge in [0.05, 0.1) is 17.8 Å². The van der Waals surface area contributed by atoms with Gasteiger partial charge in [-0.1, -0.05) is 32.0 Å². The highest BCUT2D eigenvalue weighted by atomic mass is 16.5. The second-order valence-corrected chi connectivity index (χ2v) is 4.64. The minimum absolute atomic E-state index is 0.358. The van der Waals surface area contributed by atoms with Gasteiger partial charge in [-0.15, -0.1) is 0 Å². The number of rotatable bonds is 4. The van der Waals surface area contributed by atoms with Crippen molar-refractivity contribution in [1.29, 1.82) is 0 Å². The molecule has 2 aromatic rings. The Morgan fingerprint density at radius 2 is 2.17 bits per heavy atom. The van der Waals surface area contributed by atoms with Crippen LogP contribution in [0.25, 0.3) is 10.9 Å². The molecular formula is C14H19N3O. The molecule has 4 nitrogen and oxygen atoms in total. The van der Waals surface area contributed by atoms with Crippen LogP contribution in [-0.4, -0.2) is 12.1 Å². The van der Waals surface area contributed by atoms with E-state index in [2.05, 4.69) is 19.3 Å². The SMILES string of the molecule is COCc1cccc2c(NN)cc(C(C)C)nc12. The number of fused-ring (bicyclic) bond motifs is 1. The van der Waals surface area contributed by atoms with E-state index in [1.165, 1.54) is 0 Å². The molecule has 0 bridgehead atoms. The number of nitrogen functional groups attached to an aromatic ring is 1. The number of hydrazine groups is 1. The van der Waals surface area contributed by atoms with E-state index in [1.807, 2.05) is 24.3 Å². The van der Waals surface area contributed by atoms with E-state index in [0.29, 0.717) is 12.5 Å². The molecule has 0 radical (unpaired) electrons. The lowest BCUT2D eigenvalue weighted by molar-refractivity contribution is 0.186. The van der Waals surface area contributed by atoms with Crippen molar-refractivity contribution in [2.45, 2.75) is 26.4 Å². The van der Waals surface area contributed by atoms with Crippen LogP contribution in [0.3, 0.4) is 0 Å². The van der Waals surface area contributed by atoms with Crippen LogP contribution >= 0.6 is 0 Å². The van der Waals surface area contributed by atoms with Crippen LogP contribution < -0.4 is 11.3 Å². The summed E-state index contributed by atoms with van der Waals surface area (Å²) >= 11 is 0. The number of nitrogens with two attached hydrogens (primary N) is 1. The maximum absolute atomic E-state index is 5.60. The van der Waals surface area contributed by atoms with Gasteiger partial charge in [-0.3, -0.25) is 10.8 Å². The minimum atomic E-state index is 0.358. The molecule has 18 heavy (non-hydrogen) atoms. The fraction of sp³-hybridized carbons (Fsp3) is 0.357. The minimum Gasteiger partial charge on any atom is -0.380 e.